The minimum Gasteiger partial charge on any atom is -0.474 e. The highest BCUT2D eigenvalue weighted by molar-refractivity contribution is 7.16. The summed E-state index contributed by atoms with van der Waals surface area (Å²) in [5, 5.41) is 0.625. The molecule has 8 nitrogen and oxygen atoms in total. The molecule has 10 heteroatoms. The summed E-state index contributed by atoms with van der Waals surface area (Å²) < 4.78 is 19.7. The van der Waals surface area contributed by atoms with E-state index in [4.69, 9.17) is 10.5 Å². The van der Waals surface area contributed by atoms with Gasteiger partial charge in [-0.25, -0.2) is 24.3 Å². The van der Waals surface area contributed by atoms with Crippen LogP contribution in [-0.2, 0) is 5.54 Å². The number of nitrogens with zero attached hydrogens (tertiary/aromatic N) is 5. The number of aromatic nitrogens is 4. The molecule has 1 saturated heterocycles. The lowest BCUT2D eigenvalue weighted by atomic mass is 9.95. The van der Waals surface area contributed by atoms with Gasteiger partial charge in [-0.05, 0) is 55.8 Å². The Morgan fingerprint density at radius 3 is 2.49 bits per heavy atom. The molecule has 2 N–H and O–H groups in total. The molecule has 1 amide bonds. The number of piperidine rings is 1. The van der Waals surface area contributed by atoms with Crippen molar-refractivity contribution in [2.24, 2.45) is 17.6 Å². The van der Waals surface area contributed by atoms with Gasteiger partial charge in [-0.2, -0.15) is 0 Å². The van der Waals surface area contributed by atoms with Gasteiger partial charge < -0.3 is 15.4 Å². The van der Waals surface area contributed by atoms with Crippen molar-refractivity contribution >= 4 is 17.2 Å². The predicted octanol–water partition coefficient (Wildman–Crippen LogP) is 4.14. The van der Waals surface area contributed by atoms with E-state index in [1.807, 2.05) is 30.9 Å². The lowest BCUT2D eigenvalue weighted by Crippen LogP contribution is -2.33. The van der Waals surface area contributed by atoms with E-state index >= 15 is 0 Å². The number of ether oxygens (including phenoxy) is 1. The van der Waals surface area contributed by atoms with Gasteiger partial charge in [-0.3, -0.25) is 4.79 Å². The second-order valence-electron chi connectivity index (χ2n) is 10.0. The standard InChI is InChI=1S/C27H25FN6O2S/c1-27(2,29)16-10-20(15-4-6-17(28)7-5-15)33-22(11-16)36-23-18-13-34(14-19(18)23)26(35)21-12-32-25(37-21)24-30-8-3-9-31-24/h3-12,18-19,23H,13-14,29H2,1-2H3/t18-,19+,23?. The molecule has 2 aliphatic rings. The van der Waals surface area contributed by atoms with Crippen molar-refractivity contribution in [2.75, 3.05) is 13.1 Å². The van der Waals surface area contributed by atoms with Gasteiger partial charge in [-0.1, -0.05) is 0 Å². The van der Waals surface area contributed by atoms with Crippen LogP contribution >= 0.6 is 11.3 Å². The van der Waals surface area contributed by atoms with Gasteiger partial charge in [0, 0.05) is 54.5 Å². The number of hydrogen-bond acceptors (Lipinski definition) is 8. The maximum absolute atomic E-state index is 13.4. The third-order valence-corrected chi connectivity index (χ3v) is 7.80. The average molecular weight is 517 g/mol. The van der Waals surface area contributed by atoms with E-state index in [9.17, 15) is 9.18 Å². The van der Waals surface area contributed by atoms with Crippen LogP contribution in [0.1, 0.15) is 29.1 Å². The monoisotopic (exact) mass is 516 g/mol. The van der Waals surface area contributed by atoms with Crippen LogP contribution in [0.15, 0.2) is 61.1 Å². The summed E-state index contributed by atoms with van der Waals surface area (Å²) in [7, 11) is 0. The first-order valence-corrected chi connectivity index (χ1v) is 12.8. The van der Waals surface area contributed by atoms with Crippen LogP contribution in [-0.4, -0.2) is 49.9 Å². The largest absolute Gasteiger partial charge is 0.474 e. The highest BCUT2D eigenvalue weighted by atomic mass is 32.1. The highest BCUT2D eigenvalue weighted by Crippen LogP contribution is 2.48. The zero-order chi connectivity index (χ0) is 25.7. The smallest absolute Gasteiger partial charge is 0.265 e. The second kappa shape index (κ2) is 8.97. The molecule has 1 unspecified atom stereocenters. The van der Waals surface area contributed by atoms with Crippen LogP contribution in [0, 0.1) is 17.7 Å². The average Bonchev–Trinajstić information content (AvgIpc) is 3.27. The van der Waals surface area contributed by atoms with Crippen molar-refractivity contribution in [3.05, 3.63) is 77.3 Å². The molecule has 4 heterocycles. The second-order valence-corrected chi connectivity index (χ2v) is 11.1. The predicted molar refractivity (Wildman–Crippen MR) is 137 cm³/mol. The molecule has 3 atom stereocenters. The van der Waals surface area contributed by atoms with E-state index in [-0.39, 0.29) is 29.7 Å². The lowest BCUT2D eigenvalue weighted by molar-refractivity contribution is 0.0756. The first-order valence-electron chi connectivity index (χ1n) is 12.0. The maximum atomic E-state index is 13.4. The zero-order valence-corrected chi connectivity index (χ0v) is 21.2. The van der Waals surface area contributed by atoms with Gasteiger partial charge in [0.05, 0.1) is 11.9 Å². The van der Waals surface area contributed by atoms with Crippen molar-refractivity contribution in [1.82, 2.24) is 24.8 Å². The third-order valence-electron chi connectivity index (χ3n) is 6.82. The summed E-state index contributed by atoms with van der Waals surface area (Å²) in [5.41, 5.74) is 8.12. The first kappa shape index (κ1) is 23.6. The quantitative estimate of drug-likeness (QED) is 0.410. The first-order chi connectivity index (χ1) is 17.8. The Hall–Kier alpha value is -3.76. The van der Waals surface area contributed by atoms with Gasteiger partial charge >= 0.3 is 0 Å². The minimum atomic E-state index is -0.600. The molecule has 188 valence electrons. The molecule has 0 bridgehead atoms. The molecule has 1 aromatic carbocycles. The maximum Gasteiger partial charge on any atom is 0.265 e. The molecule has 4 aromatic rings. The summed E-state index contributed by atoms with van der Waals surface area (Å²) in [5.74, 6) is 1.17. The fraction of sp³-hybridized carbons (Fsp3) is 0.296. The van der Waals surface area contributed by atoms with E-state index < -0.39 is 5.54 Å². The van der Waals surface area contributed by atoms with Crippen molar-refractivity contribution in [2.45, 2.75) is 25.5 Å². The third kappa shape index (κ3) is 4.70. The van der Waals surface area contributed by atoms with Gasteiger partial charge in [0.1, 0.15) is 16.8 Å². The van der Waals surface area contributed by atoms with Crippen LogP contribution in [0.3, 0.4) is 0 Å². The highest BCUT2D eigenvalue weighted by Gasteiger charge is 2.59. The fourth-order valence-electron chi connectivity index (χ4n) is 4.70. The molecule has 1 aliphatic heterocycles. The minimum absolute atomic E-state index is 0.0107. The van der Waals surface area contributed by atoms with Gasteiger partial charge in [0.2, 0.25) is 5.88 Å². The molecular formula is C27H25FN6O2S. The molecule has 37 heavy (non-hydrogen) atoms. The number of likely N-dealkylation sites (tertiary alicyclic amines) is 1. The summed E-state index contributed by atoms with van der Waals surface area (Å²) in [6.07, 6.45) is 4.89. The van der Waals surface area contributed by atoms with E-state index in [0.29, 0.717) is 40.4 Å². The molecule has 1 aliphatic carbocycles. The Morgan fingerprint density at radius 2 is 1.81 bits per heavy atom. The van der Waals surface area contributed by atoms with Gasteiger partial charge in [0.15, 0.2) is 10.8 Å². The fourth-order valence-corrected chi connectivity index (χ4v) is 5.53. The summed E-state index contributed by atoms with van der Waals surface area (Å²) in [6, 6.07) is 11.7. The van der Waals surface area contributed by atoms with Crippen molar-refractivity contribution in [3.63, 3.8) is 0 Å². The van der Waals surface area contributed by atoms with Crippen LogP contribution < -0.4 is 10.5 Å². The SMILES string of the molecule is CC(C)(N)c1cc(OC2[C@H]3CN(C(=O)c4cnc(-c5ncccn5)s4)C[C@@H]23)nc(-c2ccc(F)cc2)c1. The number of fused-ring (bicyclic) bond motifs is 1. The Labute approximate surface area is 217 Å². The van der Waals surface area contributed by atoms with E-state index in [0.717, 1.165) is 11.1 Å². The van der Waals surface area contributed by atoms with E-state index in [1.54, 1.807) is 36.8 Å². The zero-order valence-electron chi connectivity index (χ0n) is 20.3. The lowest BCUT2D eigenvalue weighted by Gasteiger charge is -2.22. The Balaban J connectivity index is 1.14. The molecule has 2 fully saturated rings. The number of benzene rings is 1. The number of carbonyl (C=O) groups excluding carboxylic acids is 1. The molecule has 1 saturated carbocycles. The van der Waals surface area contributed by atoms with Crippen LogP contribution in [0.25, 0.3) is 22.1 Å². The van der Waals surface area contributed by atoms with Crippen LogP contribution in [0.2, 0.25) is 0 Å². The molecule has 0 radical (unpaired) electrons. The van der Waals surface area contributed by atoms with Crippen molar-refractivity contribution < 1.29 is 13.9 Å². The molecule has 3 aromatic heterocycles. The number of carbonyl (C=O) groups is 1. The number of amides is 1. The van der Waals surface area contributed by atoms with Gasteiger partial charge in [0.25, 0.3) is 5.91 Å². The number of thiazole rings is 1. The summed E-state index contributed by atoms with van der Waals surface area (Å²) >= 11 is 1.30. The van der Waals surface area contributed by atoms with Crippen molar-refractivity contribution in [1.29, 1.82) is 0 Å². The molecule has 6 rings (SSSR count). The van der Waals surface area contributed by atoms with E-state index in [1.165, 1.54) is 23.5 Å². The Kier molecular flexibility index (Phi) is 5.73. The number of nitrogens with two attached hydrogens (primary N) is 1. The van der Waals surface area contributed by atoms with Gasteiger partial charge in [-0.15, -0.1) is 11.3 Å². The normalized spacial score (nSPS) is 20.5. The summed E-state index contributed by atoms with van der Waals surface area (Å²) in [6.45, 7) is 5.08. The van der Waals surface area contributed by atoms with E-state index in [2.05, 4.69) is 19.9 Å². The molecule has 0 spiro atoms. The molecular weight excluding hydrogens is 491 g/mol. The number of rotatable bonds is 6. The van der Waals surface area contributed by atoms with Crippen LogP contribution in [0.4, 0.5) is 4.39 Å². The topological polar surface area (TPSA) is 107 Å². The van der Waals surface area contributed by atoms with Crippen LogP contribution in [0.5, 0.6) is 5.88 Å². The van der Waals surface area contributed by atoms with Crippen molar-refractivity contribution in [3.8, 4) is 28.0 Å². The number of halogens is 1. The Bertz CT molecular complexity index is 1440. The Morgan fingerprint density at radius 1 is 1.11 bits per heavy atom. The number of pyridine rings is 1. The summed E-state index contributed by atoms with van der Waals surface area (Å²) in [4.78, 5) is 32.9. The number of hydrogen-bond donors (Lipinski definition) is 1.